The highest BCUT2D eigenvalue weighted by Crippen LogP contribution is 2.66. The van der Waals surface area contributed by atoms with Gasteiger partial charge in [-0.1, -0.05) is 19.9 Å². The molecule has 1 aliphatic heterocycles. The largest absolute Gasteiger partial charge is 0.492 e. The maximum Gasteiger partial charge on any atom is 0.138 e. The van der Waals surface area contributed by atoms with E-state index in [0.717, 1.165) is 42.6 Å². The van der Waals surface area contributed by atoms with Crippen molar-refractivity contribution in [3.8, 4) is 5.75 Å². The lowest BCUT2D eigenvalue weighted by Crippen LogP contribution is -2.51. The average Bonchev–Trinajstić information content (AvgIpc) is 2.94. The summed E-state index contributed by atoms with van der Waals surface area (Å²) in [6, 6.07) is 2.21. The molecule has 0 amide bonds. The number of fused-ring (bicyclic) bond motifs is 5. The molecule has 3 aliphatic carbocycles. The molecule has 4 aliphatic rings. The monoisotopic (exact) mass is 395 g/mol. The lowest BCUT2D eigenvalue weighted by atomic mass is 9.46. The fourth-order valence-corrected chi connectivity index (χ4v) is 7.84. The molecule has 158 valence electrons. The van der Waals surface area contributed by atoms with Crippen molar-refractivity contribution in [3.05, 3.63) is 30.1 Å². The topological polar surface area (TPSA) is 31.4 Å². The second-order valence-corrected chi connectivity index (χ2v) is 10.5. The van der Waals surface area contributed by atoms with Crippen molar-refractivity contribution in [1.82, 2.24) is 4.98 Å². The molecule has 3 heteroatoms. The molecule has 0 spiro atoms. The SMILES string of the molecule is CCOc1cncc(C2=CCC3C4CCC5CCOCCC5(C)C4CCC23C)c1. The lowest BCUT2D eigenvalue weighted by Gasteiger charge is -2.58. The first-order valence-corrected chi connectivity index (χ1v) is 11.9. The van der Waals surface area contributed by atoms with E-state index in [-0.39, 0.29) is 5.41 Å². The molecule has 5 rings (SSSR count). The standard InChI is InChI=1S/C26H37NO2/c1-4-29-20-15-18(16-27-17-20)22-7-8-23-21-6-5-19-10-13-28-14-12-25(19,2)24(21)9-11-26(22,23)3/h7,15-17,19,21,23-24H,4-6,8-14H2,1-3H3. The van der Waals surface area contributed by atoms with Crippen molar-refractivity contribution in [2.45, 2.75) is 65.7 Å². The number of rotatable bonds is 3. The summed E-state index contributed by atoms with van der Waals surface area (Å²) in [5.74, 6) is 4.30. The van der Waals surface area contributed by atoms with Crippen LogP contribution in [-0.4, -0.2) is 24.8 Å². The van der Waals surface area contributed by atoms with E-state index in [0.29, 0.717) is 12.0 Å². The first-order chi connectivity index (χ1) is 14.1. The van der Waals surface area contributed by atoms with E-state index in [1.807, 2.05) is 13.1 Å². The summed E-state index contributed by atoms with van der Waals surface area (Å²) in [7, 11) is 0. The zero-order valence-electron chi connectivity index (χ0n) is 18.5. The smallest absolute Gasteiger partial charge is 0.138 e. The molecular formula is C26H37NO2. The van der Waals surface area contributed by atoms with Crippen LogP contribution in [-0.2, 0) is 4.74 Å². The zero-order valence-corrected chi connectivity index (χ0v) is 18.5. The number of hydrogen-bond donors (Lipinski definition) is 0. The normalized spacial score (nSPS) is 41.6. The fraction of sp³-hybridized carbons (Fsp3) is 0.731. The van der Waals surface area contributed by atoms with Gasteiger partial charge in [0.25, 0.3) is 0 Å². The molecule has 0 aromatic carbocycles. The molecule has 3 nitrogen and oxygen atoms in total. The van der Waals surface area contributed by atoms with Crippen LogP contribution >= 0.6 is 0 Å². The Balaban J connectivity index is 1.42. The second-order valence-electron chi connectivity index (χ2n) is 10.5. The molecule has 0 N–H and O–H groups in total. The van der Waals surface area contributed by atoms with Gasteiger partial charge in [-0.3, -0.25) is 4.98 Å². The van der Waals surface area contributed by atoms with Gasteiger partial charge in [0.2, 0.25) is 0 Å². The second kappa shape index (κ2) is 7.41. The van der Waals surface area contributed by atoms with Gasteiger partial charge in [-0.05, 0) is 104 Å². The Hall–Kier alpha value is -1.35. The van der Waals surface area contributed by atoms with Gasteiger partial charge in [-0.2, -0.15) is 0 Å². The minimum Gasteiger partial charge on any atom is -0.492 e. The van der Waals surface area contributed by atoms with Gasteiger partial charge in [0.05, 0.1) is 12.8 Å². The number of aromatic nitrogens is 1. The Bertz CT molecular complexity index is 789. The molecule has 29 heavy (non-hydrogen) atoms. The molecule has 1 aromatic rings. The maximum atomic E-state index is 5.91. The maximum absolute atomic E-state index is 5.91. The number of allylic oxidation sites excluding steroid dienone is 2. The highest BCUT2D eigenvalue weighted by Gasteiger charge is 2.57. The Kier molecular flexibility index (Phi) is 5.01. The number of pyridine rings is 1. The molecule has 6 unspecified atom stereocenters. The third-order valence-electron chi connectivity index (χ3n) is 9.38. The van der Waals surface area contributed by atoms with E-state index in [1.54, 1.807) is 0 Å². The van der Waals surface area contributed by atoms with Crippen LogP contribution in [0.15, 0.2) is 24.5 Å². The molecule has 2 heterocycles. The van der Waals surface area contributed by atoms with Gasteiger partial charge >= 0.3 is 0 Å². The first kappa shape index (κ1) is 19.6. The molecule has 2 saturated carbocycles. The summed E-state index contributed by atoms with van der Waals surface area (Å²) in [5.41, 5.74) is 3.59. The Morgan fingerprint density at radius 2 is 1.97 bits per heavy atom. The highest BCUT2D eigenvalue weighted by molar-refractivity contribution is 5.73. The van der Waals surface area contributed by atoms with Gasteiger partial charge in [0.15, 0.2) is 0 Å². The number of nitrogens with zero attached hydrogens (tertiary/aromatic N) is 1. The van der Waals surface area contributed by atoms with Crippen LogP contribution in [0, 0.1) is 34.5 Å². The first-order valence-electron chi connectivity index (χ1n) is 11.9. The molecule has 1 aromatic heterocycles. The van der Waals surface area contributed by atoms with E-state index in [9.17, 15) is 0 Å². The van der Waals surface area contributed by atoms with E-state index in [2.05, 4.69) is 37.2 Å². The number of ether oxygens (including phenoxy) is 2. The van der Waals surface area contributed by atoms with Crippen molar-refractivity contribution in [3.63, 3.8) is 0 Å². The third kappa shape index (κ3) is 3.07. The third-order valence-corrected chi connectivity index (χ3v) is 9.38. The minimum atomic E-state index is 0.290. The predicted molar refractivity (Wildman–Crippen MR) is 117 cm³/mol. The quantitative estimate of drug-likeness (QED) is 0.616. The Morgan fingerprint density at radius 1 is 1.07 bits per heavy atom. The van der Waals surface area contributed by atoms with E-state index >= 15 is 0 Å². The summed E-state index contributed by atoms with van der Waals surface area (Å²) in [4.78, 5) is 4.49. The van der Waals surface area contributed by atoms with Crippen molar-refractivity contribution in [1.29, 1.82) is 0 Å². The molecule has 3 fully saturated rings. The molecule has 0 bridgehead atoms. The van der Waals surface area contributed by atoms with Gasteiger partial charge in [0.1, 0.15) is 5.75 Å². The van der Waals surface area contributed by atoms with Crippen LogP contribution in [0.2, 0.25) is 0 Å². The van der Waals surface area contributed by atoms with Crippen LogP contribution in [0.4, 0.5) is 0 Å². The molecule has 0 radical (unpaired) electrons. The predicted octanol–water partition coefficient (Wildman–Crippen LogP) is 6.14. The van der Waals surface area contributed by atoms with Crippen LogP contribution in [0.25, 0.3) is 5.57 Å². The van der Waals surface area contributed by atoms with Crippen LogP contribution < -0.4 is 4.74 Å². The van der Waals surface area contributed by atoms with Crippen molar-refractivity contribution in [2.75, 3.05) is 19.8 Å². The molecule has 6 atom stereocenters. The van der Waals surface area contributed by atoms with Crippen LogP contribution in [0.1, 0.15) is 71.3 Å². The van der Waals surface area contributed by atoms with Crippen molar-refractivity contribution < 1.29 is 9.47 Å². The Labute approximate surface area is 176 Å². The molecule has 1 saturated heterocycles. The van der Waals surface area contributed by atoms with Gasteiger partial charge < -0.3 is 9.47 Å². The lowest BCUT2D eigenvalue weighted by molar-refractivity contribution is -0.0798. The van der Waals surface area contributed by atoms with E-state index in [1.165, 1.54) is 56.1 Å². The zero-order chi connectivity index (χ0) is 20.1. The molecular weight excluding hydrogens is 358 g/mol. The Morgan fingerprint density at radius 3 is 2.83 bits per heavy atom. The minimum absolute atomic E-state index is 0.290. The van der Waals surface area contributed by atoms with Gasteiger partial charge in [-0.15, -0.1) is 0 Å². The fourth-order valence-electron chi connectivity index (χ4n) is 7.84. The van der Waals surface area contributed by atoms with E-state index in [4.69, 9.17) is 9.47 Å². The summed E-state index contributed by atoms with van der Waals surface area (Å²) in [6.45, 7) is 9.84. The van der Waals surface area contributed by atoms with Crippen molar-refractivity contribution >= 4 is 5.57 Å². The van der Waals surface area contributed by atoms with Crippen LogP contribution in [0.3, 0.4) is 0 Å². The average molecular weight is 396 g/mol. The van der Waals surface area contributed by atoms with Crippen LogP contribution in [0.5, 0.6) is 5.75 Å². The van der Waals surface area contributed by atoms with Crippen molar-refractivity contribution in [2.24, 2.45) is 34.5 Å². The summed E-state index contributed by atoms with van der Waals surface area (Å²) < 4.78 is 11.7. The highest BCUT2D eigenvalue weighted by atomic mass is 16.5. The summed E-state index contributed by atoms with van der Waals surface area (Å²) in [5, 5.41) is 0. The van der Waals surface area contributed by atoms with Gasteiger partial charge in [0, 0.05) is 19.4 Å². The van der Waals surface area contributed by atoms with E-state index < -0.39 is 0 Å². The summed E-state index contributed by atoms with van der Waals surface area (Å²) >= 11 is 0. The van der Waals surface area contributed by atoms with Gasteiger partial charge in [-0.25, -0.2) is 0 Å². The summed E-state index contributed by atoms with van der Waals surface area (Å²) in [6.07, 6.45) is 15.7. The number of hydrogen-bond acceptors (Lipinski definition) is 3.